The van der Waals surface area contributed by atoms with Crippen molar-refractivity contribution in [1.29, 1.82) is 0 Å². The summed E-state index contributed by atoms with van der Waals surface area (Å²) in [6.45, 7) is 5.84. The summed E-state index contributed by atoms with van der Waals surface area (Å²) >= 11 is 3.54. The largest absolute Gasteiger partial charge is 0.382 e. The SMILES string of the molecule is CCOCCC1(c2cccc(Br)c2)CNC1. The van der Waals surface area contributed by atoms with Gasteiger partial charge in [0.2, 0.25) is 0 Å². The molecule has 1 aromatic rings. The highest BCUT2D eigenvalue weighted by Crippen LogP contribution is 2.33. The fourth-order valence-electron chi connectivity index (χ4n) is 2.18. The van der Waals surface area contributed by atoms with Crippen molar-refractivity contribution < 1.29 is 4.74 Å². The molecule has 0 aliphatic carbocycles. The predicted molar refractivity (Wildman–Crippen MR) is 69.8 cm³/mol. The topological polar surface area (TPSA) is 21.3 Å². The first-order valence-electron chi connectivity index (χ1n) is 5.81. The quantitative estimate of drug-likeness (QED) is 0.839. The Morgan fingerprint density at radius 1 is 1.44 bits per heavy atom. The molecule has 0 unspecified atom stereocenters. The molecule has 0 atom stereocenters. The van der Waals surface area contributed by atoms with Gasteiger partial charge in [-0.25, -0.2) is 0 Å². The molecule has 0 saturated carbocycles. The molecule has 0 radical (unpaired) electrons. The van der Waals surface area contributed by atoms with E-state index in [1.807, 2.05) is 6.92 Å². The van der Waals surface area contributed by atoms with Crippen molar-refractivity contribution in [3.63, 3.8) is 0 Å². The molecule has 1 heterocycles. The minimum absolute atomic E-state index is 0.291. The Kier molecular flexibility index (Phi) is 4.00. The van der Waals surface area contributed by atoms with E-state index in [0.717, 1.165) is 37.2 Å². The van der Waals surface area contributed by atoms with Gasteiger partial charge in [-0.1, -0.05) is 28.1 Å². The van der Waals surface area contributed by atoms with E-state index in [4.69, 9.17) is 4.74 Å². The molecule has 1 N–H and O–H groups in total. The van der Waals surface area contributed by atoms with Crippen molar-refractivity contribution >= 4 is 15.9 Å². The van der Waals surface area contributed by atoms with Crippen LogP contribution in [0.2, 0.25) is 0 Å². The Labute approximate surface area is 106 Å². The first-order valence-corrected chi connectivity index (χ1v) is 6.61. The Morgan fingerprint density at radius 2 is 2.25 bits per heavy atom. The zero-order valence-corrected chi connectivity index (χ0v) is 11.2. The average molecular weight is 284 g/mol. The van der Waals surface area contributed by atoms with Gasteiger partial charge in [-0.3, -0.25) is 0 Å². The second kappa shape index (κ2) is 5.30. The van der Waals surface area contributed by atoms with Gasteiger partial charge in [-0.15, -0.1) is 0 Å². The van der Waals surface area contributed by atoms with E-state index in [2.05, 4.69) is 45.5 Å². The summed E-state index contributed by atoms with van der Waals surface area (Å²) in [5.41, 5.74) is 1.71. The molecule has 2 nitrogen and oxygen atoms in total. The molecule has 88 valence electrons. The van der Waals surface area contributed by atoms with E-state index in [9.17, 15) is 0 Å². The number of benzene rings is 1. The third kappa shape index (κ3) is 2.47. The van der Waals surface area contributed by atoms with E-state index < -0.39 is 0 Å². The van der Waals surface area contributed by atoms with Crippen molar-refractivity contribution in [1.82, 2.24) is 5.32 Å². The van der Waals surface area contributed by atoms with Crippen LogP contribution in [0.15, 0.2) is 28.7 Å². The van der Waals surface area contributed by atoms with Gasteiger partial charge in [-0.05, 0) is 31.0 Å². The van der Waals surface area contributed by atoms with Gasteiger partial charge in [0.15, 0.2) is 0 Å². The lowest BCUT2D eigenvalue weighted by Crippen LogP contribution is -2.57. The number of halogens is 1. The van der Waals surface area contributed by atoms with E-state index in [1.54, 1.807) is 0 Å². The van der Waals surface area contributed by atoms with Gasteiger partial charge >= 0.3 is 0 Å². The van der Waals surface area contributed by atoms with E-state index >= 15 is 0 Å². The fraction of sp³-hybridized carbons (Fsp3) is 0.538. The molecule has 2 rings (SSSR count). The van der Waals surface area contributed by atoms with Gasteiger partial charge in [0.1, 0.15) is 0 Å². The first kappa shape index (κ1) is 12.1. The third-order valence-electron chi connectivity index (χ3n) is 3.29. The average Bonchev–Trinajstić information content (AvgIpc) is 2.22. The number of rotatable bonds is 5. The number of nitrogens with one attached hydrogen (secondary N) is 1. The summed E-state index contributed by atoms with van der Waals surface area (Å²) in [6.07, 6.45) is 1.10. The third-order valence-corrected chi connectivity index (χ3v) is 3.79. The highest BCUT2D eigenvalue weighted by atomic mass is 79.9. The Morgan fingerprint density at radius 3 is 2.81 bits per heavy atom. The van der Waals surface area contributed by atoms with Crippen molar-refractivity contribution in [3.8, 4) is 0 Å². The second-order valence-electron chi connectivity index (χ2n) is 4.34. The van der Waals surface area contributed by atoms with E-state index in [0.29, 0.717) is 5.41 Å². The standard InChI is InChI=1S/C13H18BrNO/c1-2-16-7-6-13(9-15-10-13)11-4-3-5-12(14)8-11/h3-5,8,15H,2,6-7,9-10H2,1H3. The van der Waals surface area contributed by atoms with Gasteiger partial charge < -0.3 is 10.1 Å². The first-order chi connectivity index (χ1) is 7.77. The van der Waals surface area contributed by atoms with Gasteiger partial charge in [-0.2, -0.15) is 0 Å². The van der Waals surface area contributed by atoms with Crippen LogP contribution in [0.25, 0.3) is 0 Å². The minimum atomic E-state index is 0.291. The number of hydrogen-bond acceptors (Lipinski definition) is 2. The van der Waals surface area contributed by atoms with Crippen molar-refractivity contribution in [2.75, 3.05) is 26.3 Å². The van der Waals surface area contributed by atoms with Crippen molar-refractivity contribution in [3.05, 3.63) is 34.3 Å². The molecule has 1 fully saturated rings. The van der Waals surface area contributed by atoms with Crippen molar-refractivity contribution in [2.24, 2.45) is 0 Å². The maximum absolute atomic E-state index is 5.48. The molecule has 1 aromatic carbocycles. The van der Waals surface area contributed by atoms with Crippen LogP contribution in [-0.2, 0) is 10.2 Å². The second-order valence-corrected chi connectivity index (χ2v) is 5.26. The molecule has 1 aliphatic heterocycles. The Hall–Kier alpha value is -0.380. The summed E-state index contributed by atoms with van der Waals surface area (Å²) in [7, 11) is 0. The van der Waals surface area contributed by atoms with Crippen LogP contribution in [-0.4, -0.2) is 26.3 Å². The monoisotopic (exact) mass is 283 g/mol. The Balaban J connectivity index is 2.08. The van der Waals surface area contributed by atoms with Crippen LogP contribution in [0.3, 0.4) is 0 Å². The highest BCUT2D eigenvalue weighted by molar-refractivity contribution is 9.10. The zero-order valence-electron chi connectivity index (χ0n) is 9.63. The van der Waals surface area contributed by atoms with E-state index in [-0.39, 0.29) is 0 Å². The maximum atomic E-state index is 5.48. The molecule has 0 spiro atoms. The molecule has 1 aliphatic rings. The molecule has 0 aromatic heterocycles. The Bertz CT molecular complexity index is 350. The maximum Gasteiger partial charge on any atom is 0.0475 e. The summed E-state index contributed by atoms with van der Waals surface area (Å²) in [4.78, 5) is 0. The summed E-state index contributed by atoms with van der Waals surface area (Å²) in [6, 6.07) is 8.64. The molecular formula is C13H18BrNO. The summed E-state index contributed by atoms with van der Waals surface area (Å²) in [5.74, 6) is 0. The van der Waals surface area contributed by atoms with Gasteiger partial charge in [0.25, 0.3) is 0 Å². The molecule has 0 bridgehead atoms. The molecule has 16 heavy (non-hydrogen) atoms. The van der Waals surface area contributed by atoms with Crippen LogP contribution in [0.1, 0.15) is 18.9 Å². The molecule has 1 saturated heterocycles. The fourth-order valence-corrected chi connectivity index (χ4v) is 2.58. The molecule has 3 heteroatoms. The normalized spacial score (nSPS) is 18.1. The van der Waals surface area contributed by atoms with Crippen LogP contribution < -0.4 is 5.32 Å². The van der Waals surface area contributed by atoms with Crippen molar-refractivity contribution in [2.45, 2.75) is 18.8 Å². The zero-order chi connectivity index (χ0) is 11.4. The lowest BCUT2D eigenvalue weighted by atomic mass is 9.73. The number of hydrogen-bond donors (Lipinski definition) is 1. The molecule has 0 amide bonds. The smallest absolute Gasteiger partial charge is 0.0475 e. The van der Waals surface area contributed by atoms with Gasteiger partial charge in [0, 0.05) is 36.2 Å². The van der Waals surface area contributed by atoms with Crippen LogP contribution in [0.5, 0.6) is 0 Å². The van der Waals surface area contributed by atoms with Crippen LogP contribution in [0.4, 0.5) is 0 Å². The minimum Gasteiger partial charge on any atom is -0.382 e. The van der Waals surface area contributed by atoms with Gasteiger partial charge in [0.05, 0.1) is 0 Å². The molecular weight excluding hydrogens is 266 g/mol. The lowest BCUT2D eigenvalue weighted by Gasteiger charge is -2.43. The van der Waals surface area contributed by atoms with Crippen LogP contribution >= 0.6 is 15.9 Å². The summed E-state index contributed by atoms with van der Waals surface area (Å²) in [5, 5.41) is 3.38. The predicted octanol–water partition coefficient (Wildman–Crippen LogP) is 2.72. The number of ether oxygens (including phenoxy) is 1. The summed E-state index contributed by atoms with van der Waals surface area (Å²) < 4.78 is 6.64. The lowest BCUT2D eigenvalue weighted by molar-refractivity contribution is 0.109. The van der Waals surface area contributed by atoms with E-state index in [1.165, 1.54) is 5.56 Å². The highest BCUT2D eigenvalue weighted by Gasteiger charge is 2.38. The van der Waals surface area contributed by atoms with Crippen LogP contribution in [0, 0.1) is 0 Å².